The smallest absolute Gasteiger partial charge is 0.431 e. The average Bonchev–Trinajstić information content (AvgIpc) is 2.45. The monoisotopic (exact) mass is 320 g/mol. The normalized spacial score (nSPS) is 13.9. The van der Waals surface area contributed by atoms with Gasteiger partial charge in [-0.1, -0.05) is 30.3 Å². The molecule has 4 heteroatoms. The number of aldehydes is 1. The third kappa shape index (κ3) is 8.38. The molecule has 0 amide bonds. The predicted molar refractivity (Wildman–Crippen MR) is 90.5 cm³/mol. The summed E-state index contributed by atoms with van der Waals surface area (Å²) in [4.78, 5) is 22.5. The van der Waals surface area contributed by atoms with E-state index in [9.17, 15) is 9.59 Å². The standard InChI is InChI=1S/C19H28O4/c1-15(22-18(21)23-19(2,3)4)9-8-12-17(13-14-20)16-10-6-5-7-11-16/h5-7,10-11,14-15,17H,8-9,12-13H2,1-4H3. The highest BCUT2D eigenvalue weighted by molar-refractivity contribution is 5.60. The molecule has 2 unspecified atom stereocenters. The Kier molecular flexibility index (Phi) is 7.79. The highest BCUT2D eigenvalue weighted by Gasteiger charge is 2.19. The summed E-state index contributed by atoms with van der Waals surface area (Å²) in [5, 5.41) is 0. The molecule has 1 aromatic rings. The molecule has 1 rings (SSSR count). The van der Waals surface area contributed by atoms with Gasteiger partial charge in [0, 0.05) is 6.42 Å². The van der Waals surface area contributed by atoms with Crippen LogP contribution in [0.2, 0.25) is 0 Å². The van der Waals surface area contributed by atoms with Crippen molar-refractivity contribution >= 4 is 12.4 Å². The van der Waals surface area contributed by atoms with Crippen molar-refractivity contribution in [2.45, 2.75) is 71.0 Å². The van der Waals surface area contributed by atoms with Crippen LogP contribution in [0.15, 0.2) is 30.3 Å². The van der Waals surface area contributed by atoms with Crippen LogP contribution in [0.1, 0.15) is 64.9 Å². The van der Waals surface area contributed by atoms with E-state index in [-0.39, 0.29) is 12.0 Å². The Morgan fingerprint density at radius 2 is 1.83 bits per heavy atom. The fourth-order valence-electron chi connectivity index (χ4n) is 2.41. The average molecular weight is 320 g/mol. The van der Waals surface area contributed by atoms with Crippen LogP contribution in [0.25, 0.3) is 0 Å². The van der Waals surface area contributed by atoms with E-state index in [0.29, 0.717) is 6.42 Å². The largest absolute Gasteiger partial charge is 0.509 e. The second-order valence-corrected chi connectivity index (χ2v) is 6.83. The summed E-state index contributed by atoms with van der Waals surface area (Å²) >= 11 is 0. The van der Waals surface area contributed by atoms with Crippen molar-refractivity contribution in [3.05, 3.63) is 35.9 Å². The van der Waals surface area contributed by atoms with E-state index in [1.165, 1.54) is 5.56 Å². The summed E-state index contributed by atoms with van der Waals surface area (Å²) in [6.07, 6.45) is 3.20. The minimum atomic E-state index is -0.627. The summed E-state index contributed by atoms with van der Waals surface area (Å²) in [6.45, 7) is 7.29. The first-order valence-electron chi connectivity index (χ1n) is 8.20. The SMILES string of the molecule is CC(CCCC(CC=O)c1ccccc1)OC(=O)OC(C)(C)C. The van der Waals surface area contributed by atoms with Crippen LogP contribution in [0.3, 0.4) is 0 Å². The molecule has 0 saturated heterocycles. The summed E-state index contributed by atoms with van der Waals surface area (Å²) in [5.74, 6) is 0.224. The Balaban J connectivity index is 2.38. The van der Waals surface area contributed by atoms with Gasteiger partial charge in [-0.2, -0.15) is 0 Å². The Bertz CT molecular complexity index is 476. The molecule has 128 valence electrons. The molecule has 2 atom stereocenters. The van der Waals surface area contributed by atoms with Gasteiger partial charge in [-0.05, 0) is 58.4 Å². The zero-order valence-corrected chi connectivity index (χ0v) is 14.6. The van der Waals surface area contributed by atoms with Gasteiger partial charge in [0.05, 0.1) is 0 Å². The highest BCUT2D eigenvalue weighted by Crippen LogP contribution is 2.25. The number of ether oxygens (including phenoxy) is 2. The Hall–Kier alpha value is -1.84. The molecule has 1 aromatic carbocycles. The van der Waals surface area contributed by atoms with Crippen molar-refractivity contribution in [2.24, 2.45) is 0 Å². The summed E-state index contributed by atoms with van der Waals surface area (Å²) < 4.78 is 10.4. The number of rotatable bonds is 8. The van der Waals surface area contributed by atoms with E-state index in [1.807, 2.05) is 45.9 Å². The highest BCUT2D eigenvalue weighted by atomic mass is 16.7. The van der Waals surface area contributed by atoms with Gasteiger partial charge in [0.15, 0.2) is 0 Å². The molecule has 4 nitrogen and oxygen atoms in total. The van der Waals surface area contributed by atoms with E-state index < -0.39 is 11.8 Å². The van der Waals surface area contributed by atoms with E-state index in [2.05, 4.69) is 12.1 Å². The molecule has 0 spiro atoms. The van der Waals surface area contributed by atoms with Crippen molar-refractivity contribution in [1.82, 2.24) is 0 Å². The Labute approximate surface area is 139 Å². The number of hydrogen-bond acceptors (Lipinski definition) is 4. The zero-order chi connectivity index (χ0) is 17.3. The number of benzene rings is 1. The molecule has 0 aliphatic rings. The summed E-state index contributed by atoms with van der Waals surface area (Å²) in [7, 11) is 0. The third-order valence-corrected chi connectivity index (χ3v) is 3.50. The number of carbonyl (C=O) groups excluding carboxylic acids is 2. The molecule has 0 aromatic heterocycles. The van der Waals surface area contributed by atoms with Crippen LogP contribution in [-0.4, -0.2) is 24.1 Å². The first-order chi connectivity index (χ1) is 10.8. The fraction of sp³-hybridized carbons (Fsp3) is 0.579. The molecule has 0 bridgehead atoms. The second kappa shape index (κ2) is 9.33. The molecule has 0 N–H and O–H groups in total. The lowest BCUT2D eigenvalue weighted by Crippen LogP contribution is -2.26. The van der Waals surface area contributed by atoms with Crippen LogP contribution in [0.4, 0.5) is 4.79 Å². The molecule has 0 heterocycles. The lowest BCUT2D eigenvalue weighted by Gasteiger charge is -2.21. The van der Waals surface area contributed by atoms with Crippen molar-refractivity contribution < 1.29 is 19.1 Å². The number of hydrogen-bond donors (Lipinski definition) is 0. The maximum atomic E-state index is 11.6. The predicted octanol–water partition coefficient (Wildman–Crippen LogP) is 4.87. The first kappa shape index (κ1) is 19.2. The maximum absolute atomic E-state index is 11.6. The lowest BCUT2D eigenvalue weighted by molar-refractivity contribution is -0.108. The molecule has 0 aliphatic carbocycles. The minimum Gasteiger partial charge on any atom is -0.431 e. The second-order valence-electron chi connectivity index (χ2n) is 6.83. The van der Waals surface area contributed by atoms with Gasteiger partial charge in [0.25, 0.3) is 0 Å². The minimum absolute atomic E-state index is 0.197. The van der Waals surface area contributed by atoms with Crippen LogP contribution >= 0.6 is 0 Å². The van der Waals surface area contributed by atoms with Gasteiger partial charge in [-0.25, -0.2) is 4.79 Å². The molecule has 23 heavy (non-hydrogen) atoms. The number of carbonyl (C=O) groups is 2. The van der Waals surface area contributed by atoms with Gasteiger partial charge in [0.2, 0.25) is 0 Å². The van der Waals surface area contributed by atoms with Crippen LogP contribution in [0, 0.1) is 0 Å². The third-order valence-electron chi connectivity index (χ3n) is 3.50. The quantitative estimate of drug-likeness (QED) is 0.506. The summed E-state index contributed by atoms with van der Waals surface area (Å²) in [6, 6.07) is 10.0. The van der Waals surface area contributed by atoms with Crippen LogP contribution in [-0.2, 0) is 14.3 Å². The van der Waals surface area contributed by atoms with E-state index in [4.69, 9.17) is 9.47 Å². The Morgan fingerprint density at radius 1 is 1.17 bits per heavy atom. The fourth-order valence-corrected chi connectivity index (χ4v) is 2.41. The van der Waals surface area contributed by atoms with Crippen LogP contribution < -0.4 is 0 Å². The molecule has 0 saturated carbocycles. The van der Waals surface area contributed by atoms with Gasteiger partial charge in [-0.15, -0.1) is 0 Å². The van der Waals surface area contributed by atoms with E-state index in [0.717, 1.165) is 25.5 Å². The molecular weight excluding hydrogens is 292 g/mol. The molecular formula is C19H28O4. The lowest BCUT2D eigenvalue weighted by atomic mass is 9.91. The molecule has 0 radical (unpaired) electrons. The Morgan fingerprint density at radius 3 is 2.39 bits per heavy atom. The van der Waals surface area contributed by atoms with Gasteiger partial charge >= 0.3 is 6.16 Å². The van der Waals surface area contributed by atoms with Gasteiger partial charge in [-0.3, -0.25) is 0 Å². The molecule has 0 fully saturated rings. The van der Waals surface area contributed by atoms with Crippen LogP contribution in [0.5, 0.6) is 0 Å². The van der Waals surface area contributed by atoms with Crippen molar-refractivity contribution in [3.8, 4) is 0 Å². The van der Waals surface area contributed by atoms with E-state index >= 15 is 0 Å². The van der Waals surface area contributed by atoms with Gasteiger partial charge in [0.1, 0.15) is 18.0 Å². The van der Waals surface area contributed by atoms with E-state index in [1.54, 1.807) is 0 Å². The molecule has 0 aliphatic heterocycles. The first-order valence-corrected chi connectivity index (χ1v) is 8.20. The zero-order valence-electron chi connectivity index (χ0n) is 14.6. The maximum Gasteiger partial charge on any atom is 0.509 e. The van der Waals surface area contributed by atoms with Crippen molar-refractivity contribution in [3.63, 3.8) is 0 Å². The topological polar surface area (TPSA) is 52.6 Å². The van der Waals surface area contributed by atoms with Gasteiger partial charge < -0.3 is 14.3 Å². The van der Waals surface area contributed by atoms with Crippen molar-refractivity contribution in [2.75, 3.05) is 0 Å². The van der Waals surface area contributed by atoms with Crippen molar-refractivity contribution in [1.29, 1.82) is 0 Å². The summed E-state index contributed by atoms with van der Waals surface area (Å²) in [5.41, 5.74) is 0.638.